The van der Waals surface area contributed by atoms with Gasteiger partial charge in [-0.15, -0.1) is 0 Å². The number of fused-ring (bicyclic) bond motifs is 1. The zero-order valence-corrected chi connectivity index (χ0v) is 17.0. The van der Waals surface area contributed by atoms with Crippen LogP contribution in [0.1, 0.15) is 62.3 Å². The van der Waals surface area contributed by atoms with Crippen LogP contribution in [0, 0.1) is 6.92 Å². The number of piperidine rings is 1. The number of H-pyrrole nitrogens is 1. The first-order chi connectivity index (χ1) is 13.1. The number of likely N-dealkylation sites (tertiary alicyclic amines) is 1. The van der Waals surface area contributed by atoms with Gasteiger partial charge in [0.05, 0.1) is 5.69 Å². The summed E-state index contributed by atoms with van der Waals surface area (Å²) in [4.78, 5) is 10.6. The minimum absolute atomic E-state index is 0.472. The molecule has 1 N–H and O–H groups in total. The molecule has 1 aliphatic heterocycles. The van der Waals surface area contributed by atoms with Gasteiger partial charge in [-0.05, 0) is 86.6 Å². The molecule has 4 rings (SSSR count). The van der Waals surface area contributed by atoms with Crippen molar-refractivity contribution in [2.75, 3.05) is 19.6 Å². The molecular formula is C24H31N3. The number of rotatable bonds is 4. The fourth-order valence-corrected chi connectivity index (χ4v) is 4.60. The molecule has 27 heavy (non-hydrogen) atoms. The Labute approximate surface area is 162 Å². The number of hydrogen-bond acceptors (Lipinski definition) is 2. The van der Waals surface area contributed by atoms with Crippen molar-refractivity contribution in [2.45, 2.75) is 52.4 Å². The molecule has 1 fully saturated rings. The lowest BCUT2D eigenvalue weighted by Gasteiger charge is -2.31. The lowest BCUT2D eigenvalue weighted by Crippen LogP contribution is -2.32. The van der Waals surface area contributed by atoms with Crippen LogP contribution < -0.4 is 0 Å². The molecule has 0 saturated carbocycles. The normalized spacial score (nSPS) is 16.5. The molecule has 3 heteroatoms. The van der Waals surface area contributed by atoms with E-state index in [0.29, 0.717) is 11.8 Å². The first-order valence-corrected chi connectivity index (χ1v) is 10.4. The van der Waals surface area contributed by atoms with Crippen molar-refractivity contribution in [3.63, 3.8) is 0 Å². The highest BCUT2D eigenvalue weighted by atomic mass is 15.1. The molecule has 0 aliphatic carbocycles. The van der Waals surface area contributed by atoms with Crippen molar-refractivity contribution in [3.8, 4) is 11.3 Å². The third-order valence-corrected chi connectivity index (χ3v) is 6.13. The minimum Gasteiger partial charge on any atom is -0.354 e. The van der Waals surface area contributed by atoms with E-state index in [1.54, 1.807) is 0 Å². The molecular weight excluding hydrogens is 330 g/mol. The molecule has 3 heterocycles. The van der Waals surface area contributed by atoms with Crippen molar-refractivity contribution in [1.29, 1.82) is 0 Å². The van der Waals surface area contributed by atoms with Crippen LogP contribution in [0.3, 0.4) is 0 Å². The average Bonchev–Trinajstić information content (AvgIpc) is 3.07. The molecule has 142 valence electrons. The molecule has 3 aromatic rings. The fraction of sp³-hybridized carbons (Fsp3) is 0.458. The van der Waals surface area contributed by atoms with E-state index in [1.807, 2.05) is 6.20 Å². The highest BCUT2D eigenvalue weighted by Crippen LogP contribution is 2.38. The van der Waals surface area contributed by atoms with Crippen LogP contribution in [-0.4, -0.2) is 34.5 Å². The van der Waals surface area contributed by atoms with Gasteiger partial charge in [-0.1, -0.05) is 26.8 Å². The van der Waals surface area contributed by atoms with Gasteiger partial charge in [0.15, 0.2) is 0 Å². The van der Waals surface area contributed by atoms with Gasteiger partial charge in [-0.2, -0.15) is 0 Å². The van der Waals surface area contributed by atoms with E-state index in [4.69, 9.17) is 0 Å². The molecule has 1 saturated heterocycles. The lowest BCUT2D eigenvalue weighted by molar-refractivity contribution is 0.222. The Bertz CT molecular complexity index is 930. The van der Waals surface area contributed by atoms with Crippen LogP contribution in [-0.2, 0) is 0 Å². The van der Waals surface area contributed by atoms with Gasteiger partial charge >= 0.3 is 0 Å². The summed E-state index contributed by atoms with van der Waals surface area (Å²) >= 11 is 0. The Morgan fingerprint density at radius 2 is 1.93 bits per heavy atom. The smallest absolute Gasteiger partial charge is 0.0501 e. The summed E-state index contributed by atoms with van der Waals surface area (Å²) in [7, 11) is 0. The van der Waals surface area contributed by atoms with Crippen LogP contribution in [0.5, 0.6) is 0 Å². The summed E-state index contributed by atoms with van der Waals surface area (Å²) in [6.07, 6.45) is 4.46. The molecule has 0 bridgehead atoms. The van der Waals surface area contributed by atoms with Gasteiger partial charge in [0.25, 0.3) is 0 Å². The molecule has 0 atom stereocenters. The number of nitrogens with one attached hydrogen (secondary N) is 1. The quantitative estimate of drug-likeness (QED) is 0.631. The van der Waals surface area contributed by atoms with Crippen molar-refractivity contribution < 1.29 is 0 Å². The molecule has 0 radical (unpaired) electrons. The Hall–Kier alpha value is -2.13. The minimum atomic E-state index is 0.472. The SMILES string of the molecule is CCN1CCC(c2ccc3[nH]c(-c4ccnc(C)c4)c(C(C)C)c3c2)CC1. The summed E-state index contributed by atoms with van der Waals surface area (Å²) < 4.78 is 0. The van der Waals surface area contributed by atoms with E-state index in [0.717, 1.165) is 5.69 Å². The number of aromatic nitrogens is 2. The zero-order chi connectivity index (χ0) is 19.0. The first-order valence-electron chi connectivity index (χ1n) is 10.4. The van der Waals surface area contributed by atoms with Crippen molar-refractivity contribution in [1.82, 2.24) is 14.9 Å². The highest BCUT2D eigenvalue weighted by Gasteiger charge is 2.22. The Balaban J connectivity index is 1.76. The molecule has 2 aromatic heterocycles. The van der Waals surface area contributed by atoms with Crippen LogP contribution in [0.25, 0.3) is 22.2 Å². The second-order valence-corrected chi connectivity index (χ2v) is 8.27. The predicted molar refractivity (Wildman–Crippen MR) is 114 cm³/mol. The van der Waals surface area contributed by atoms with Gasteiger partial charge < -0.3 is 9.88 Å². The molecule has 1 aromatic carbocycles. The lowest BCUT2D eigenvalue weighted by atomic mass is 9.87. The predicted octanol–water partition coefficient (Wildman–Crippen LogP) is 5.86. The average molecular weight is 362 g/mol. The van der Waals surface area contributed by atoms with Gasteiger partial charge in [0.1, 0.15) is 0 Å². The second kappa shape index (κ2) is 7.47. The number of pyridine rings is 1. The van der Waals surface area contributed by atoms with E-state index in [2.05, 4.69) is 72.9 Å². The third-order valence-electron chi connectivity index (χ3n) is 6.13. The van der Waals surface area contributed by atoms with Crippen molar-refractivity contribution >= 4 is 10.9 Å². The molecule has 0 amide bonds. The summed E-state index contributed by atoms with van der Waals surface area (Å²) in [5.41, 5.74) is 7.74. The third kappa shape index (κ3) is 3.53. The second-order valence-electron chi connectivity index (χ2n) is 8.27. The standard InChI is InChI=1S/C24H31N3/c1-5-27-12-9-18(10-13-27)19-6-7-22-21(15-19)23(16(2)3)24(26-22)20-8-11-25-17(4)14-20/h6-8,11,14-16,18,26H,5,9-10,12-13H2,1-4H3. The molecule has 1 aliphatic rings. The molecule has 0 spiro atoms. The number of aryl methyl sites for hydroxylation is 1. The van der Waals surface area contributed by atoms with E-state index in [-0.39, 0.29) is 0 Å². The van der Waals surface area contributed by atoms with Crippen LogP contribution >= 0.6 is 0 Å². The number of aromatic amines is 1. The van der Waals surface area contributed by atoms with E-state index in [9.17, 15) is 0 Å². The zero-order valence-electron chi connectivity index (χ0n) is 17.0. The van der Waals surface area contributed by atoms with Gasteiger partial charge in [0, 0.05) is 28.4 Å². The Morgan fingerprint density at radius 3 is 2.59 bits per heavy atom. The Morgan fingerprint density at radius 1 is 1.15 bits per heavy atom. The van der Waals surface area contributed by atoms with E-state index in [1.165, 1.54) is 65.8 Å². The summed E-state index contributed by atoms with van der Waals surface area (Å²) in [5.74, 6) is 1.16. The van der Waals surface area contributed by atoms with Crippen molar-refractivity contribution in [2.24, 2.45) is 0 Å². The fourth-order valence-electron chi connectivity index (χ4n) is 4.60. The number of hydrogen-bond donors (Lipinski definition) is 1. The maximum atomic E-state index is 4.36. The van der Waals surface area contributed by atoms with Gasteiger partial charge in [-0.25, -0.2) is 0 Å². The monoisotopic (exact) mass is 361 g/mol. The maximum absolute atomic E-state index is 4.36. The molecule has 0 unspecified atom stereocenters. The highest BCUT2D eigenvalue weighted by molar-refractivity contribution is 5.92. The maximum Gasteiger partial charge on any atom is 0.0501 e. The van der Waals surface area contributed by atoms with Crippen molar-refractivity contribution in [3.05, 3.63) is 53.3 Å². The van der Waals surface area contributed by atoms with Gasteiger partial charge in [0.2, 0.25) is 0 Å². The number of nitrogens with zero attached hydrogens (tertiary/aromatic N) is 2. The largest absolute Gasteiger partial charge is 0.354 e. The molecule has 3 nitrogen and oxygen atoms in total. The van der Waals surface area contributed by atoms with Gasteiger partial charge in [-0.3, -0.25) is 4.98 Å². The summed E-state index contributed by atoms with van der Waals surface area (Å²) in [6, 6.07) is 11.4. The Kier molecular flexibility index (Phi) is 5.05. The topological polar surface area (TPSA) is 31.9 Å². The summed E-state index contributed by atoms with van der Waals surface area (Å²) in [6.45, 7) is 12.6. The number of benzene rings is 1. The summed E-state index contributed by atoms with van der Waals surface area (Å²) in [5, 5.41) is 1.39. The van der Waals surface area contributed by atoms with E-state index < -0.39 is 0 Å². The van der Waals surface area contributed by atoms with Crippen LogP contribution in [0.2, 0.25) is 0 Å². The van der Waals surface area contributed by atoms with Crippen LogP contribution in [0.4, 0.5) is 0 Å². The first kappa shape index (κ1) is 18.2. The van der Waals surface area contributed by atoms with E-state index >= 15 is 0 Å². The van der Waals surface area contributed by atoms with Crippen LogP contribution in [0.15, 0.2) is 36.5 Å².